The van der Waals surface area contributed by atoms with E-state index in [0.29, 0.717) is 13.0 Å². The number of terminal acetylenes is 1. The summed E-state index contributed by atoms with van der Waals surface area (Å²) in [5.74, 6) is 0.369. The zero-order valence-corrected chi connectivity index (χ0v) is 47.9. The summed E-state index contributed by atoms with van der Waals surface area (Å²) >= 11 is 0. The van der Waals surface area contributed by atoms with Crippen LogP contribution in [0.4, 0.5) is 9.59 Å². The van der Waals surface area contributed by atoms with Crippen molar-refractivity contribution >= 4 is 69.1 Å². The van der Waals surface area contributed by atoms with Crippen LogP contribution < -0.4 is 117 Å². The van der Waals surface area contributed by atoms with E-state index in [1.54, 1.807) is 39.8 Å². The van der Waals surface area contributed by atoms with Crippen molar-refractivity contribution in [1.29, 1.82) is 0 Å². The number of hydrogen-bond donors (Lipinski definition) is 2. The molecule has 0 aliphatic rings. The number of nitrogens with one attached hydrogen (secondary N) is 2. The second kappa shape index (κ2) is 38.5. The average Bonchev–Trinajstić information content (AvgIpc) is 3.21. The summed E-state index contributed by atoms with van der Waals surface area (Å²) in [7, 11) is -6.54. The molecule has 0 aliphatic carbocycles. The molecule has 358 valence electrons. The third-order valence-electron chi connectivity index (χ3n) is 7.27. The summed E-state index contributed by atoms with van der Waals surface area (Å²) in [5, 5.41) is 8.43. The largest absolute Gasteiger partial charge is 1.00 e. The molecule has 66 heavy (non-hydrogen) atoms. The van der Waals surface area contributed by atoms with Gasteiger partial charge >= 0.3 is 128 Å². The Bertz CT molecular complexity index is 2230. The number of nitrogens with zero attached hydrogens (tertiary/aromatic N) is 4. The van der Waals surface area contributed by atoms with Crippen molar-refractivity contribution in [2.45, 2.75) is 67.1 Å². The van der Waals surface area contributed by atoms with Crippen molar-refractivity contribution < 1.29 is 184 Å². The summed E-state index contributed by atoms with van der Waals surface area (Å²) in [5.41, 5.74) is 9.30. The van der Waals surface area contributed by atoms with E-state index in [0.717, 1.165) is 32.3 Å². The van der Waals surface area contributed by atoms with E-state index in [1.807, 2.05) is 48.5 Å². The van der Waals surface area contributed by atoms with E-state index in [4.69, 9.17) is 36.2 Å². The minimum atomic E-state index is -3.70. The minimum absolute atomic E-state index is 0. The zero-order valence-electron chi connectivity index (χ0n) is 40.2. The number of carbonyl (C=O) groups is 6. The predicted octanol–water partition coefficient (Wildman–Crippen LogP) is -1.01. The van der Waals surface area contributed by atoms with Gasteiger partial charge in [-0.3, -0.25) is 28.6 Å². The van der Waals surface area contributed by atoms with Gasteiger partial charge in [-0.2, -0.15) is 4.79 Å². The molecule has 22 nitrogen and oxygen atoms in total. The molecular formula is C39H57K2N6O16PS2. The third kappa shape index (κ3) is 31.6. The number of carbonyl (C=O) groups excluding carboxylic acids is 6. The molecule has 0 saturated heterocycles. The van der Waals surface area contributed by atoms with Gasteiger partial charge in [-0.1, -0.05) is 74.5 Å². The molecule has 0 fully saturated rings. The SMILES string of the molecule is C#CC[C@H](C)CS(=O)(=NC(=O)O[C@@H](C)c1ccccc1)NC(C)=O.COC[C@H](C)CS(=O)(=NC(=O)O[C@@H](C)c1ccccc1)NC(C)=O.COP(=O)(OC)C(=[N+]=[N-])C(C)=O.O=CO[O-].[H-].[K+].[K+]. The fourth-order valence-electron chi connectivity index (χ4n) is 4.75. The summed E-state index contributed by atoms with van der Waals surface area (Å²) in [6.45, 7) is 10.6. The molecule has 0 radical (unpaired) electrons. The van der Waals surface area contributed by atoms with Crippen LogP contribution in [-0.4, -0.2) is 94.4 Å². The molecule has 2 rings (SSSR count). The molecule has 0 bridgehead atoms. The Morgan fingerprint density at radius 2 is 1.17 bits per heavy atom. The Labute approximate surface area is 473 Å². The molecule has 4 amide bonds. The first-order chi connectivity index (χ1) is 29.9. The molecule has 6 atom stereocenters. The van der Waals surface area contributed by atoms with Crippen molar-refractivity contribution in [3.63, 3.8) is 0 Å². The summed E-state index contributed by atoms with van der Waals surface area (Å²) in [6.07, 6.45) is 2.54. The fourth-order valence-corrected chi connectivity index (χ4v) is 9.37. The van der Waals surface area contributed by atoms with Crippen LogP contribution in [0.15, 0.2) is 69.4 Å². The minimum Gasteiger partial charge on any atom is -1.00 e. The summed E-state index contributed by atoms with van der Waals surface area (Å²) < 4.78 is 72.8. The third-order valence-corrected chi connectivity index (χ3v) is 13.3. The van der Waals surface area contributed by atoms with Gasteiger partial charge in [-0.05, 0) is 36.8 Å². The van der Waals surface area contributed by atoms with Gasteiger partial charge in [-0.15, -0.1) is 21.1 Å². The van der Waals surface area contributed by atoms with Crippen LogP contribution in [0.5, 0.6) is 0 Å². The van der Waals surface area contributed by atoms with E-state index < -0.39 is 74.9 Å². The molecular weight excluding hydrogens is 982 g/mol. The first-order valence-corrected chi connectivity index (χ1v) is 23.5. The van der Waals surface area contributed by atoms with Crippen molar-refractivity contribution in [3.05, 3.63) is 77.3 Å². The molecule has 0 aromatic heterocycles. The molecule has 2 N–H and O–H groups in total. The van der Waals surface area contributed by atoms with Gasteiger partial charge in [0, 0.05) is 55.1 Å². The first-order valence-electron chi connectivity index (χ1n) is 18.6. The quantitative estimate of drug-likeness (QED) is 0.0208. The molecule has 27 heteroatoms. The number of ketones is 1. The number of ether oxygens (including phenoxy) is 3. The van der Waals surface area contributed by atoms with Gasteiger partial charge in [-0.25, -0.2) is 22.6 Å². The van der Waals surface area contributed by atoms with Crippen molar-refractivity contribution in [1.82, 2.24) is 9.44 Å². The number of Topliss-reactive ketones (excluding diaryl/α,β-unsaturated/α-hetero) is 1. The number of hydrogen-bond acceptors (Lipinski definition) is 16. The molecule has 0 aliphatic heterocycles. The number of methoxy groups -OCH3 is 1. The Hall–Kier alpha value is -2.36. The smallest absolute Gasteiger partial charge is 1.00 e. The van der Waals surface area contributed by atoms with Crippen LogP contribution in [0.1, 0.15) is 79.6 Å². The van der Waals surface area contributed by atoms with Crippen LogP contribution in [0, 0.1) is 24.2 Å². The van der Waals surface area contributed by atoms with Crippen molar-refractivity contribution in [2.24, 2.45) is 20.6 Å². The molecule has 0 heterocycles. The van der Waals surface area contributed by atoms with Gasteiger partial charge in [0.15, 0.2) is 0 Å². The maximum Gasteiger partial charge on any atom is 1.00 e. The first kappa shape index (κ1) is 70.2. The fraction of sp³-hybridized carbons (Fsp3) is 0.462. The molecule has 2 aromatic rings. The Balaban J connectivity index is -0.000000282. The van der Waals surface area contributed by atoms with E-state index in [9.17, 15) is 37.0 Å². The second-order valence-electron chi connectivity index (χ2n) is 13.1. The van der Waals surface area contributed by atoms with Crippen LogP contribution in [0.3, 0.4) is 0 Å². The van der Waals surface area contributed by atoms with Crippen molar-refractivity contribution in [3.8, 4) is 12.3 Å². The van der Waals surface area contributed by atoms with Crippen LogP contribution in [0.25, 0.3) is 5.53 Å². The molecule has 0 spiro atoms. The number of amides is 4. The van der Waals surface area contributed by atoms with Gasteiger partial charge in [0.25, 0.3) is 6.47 Å². The monoisotopic (exact) mass is 1040 g/mol. The predicted molar refractivity (Wildman–Crippen MR) is 234 cm³/mol. The summed E-state index contributed by atoms with van der Waals surface area (Å²) in [4.78, 5) is 71.1. The van der Waals surface area contributed by atoms with E-state index in [-0.39, 0.29) is 134 Å². The Kier molecular flexibility index (Phi) is 40.9. The van der Waals surface area contributed by atoms with E-state index >= 15 is 0 Å². The molecule has 0 saturated carbocycles. The Morgan fingerprint density at radius 1 is 0.803 bits per heavy atom. The van der Waals surface area contributed by atoms with Crippen LogP contribution in [0.2, 0.25) is 0 Å². The molecule has 2 aromatic carbocycles. The normalized spacial score (nSPS) is 13.5. The molecule has 2 unspecified atom stereocenters. The van der Waals surface area contributed by atoms with Gasteiger partial charge in [0.2, 0.25) is 17.6 Å². The van der Waals surface area contributed by atoms with Gasteiger partial charge < -0.3 is 40.4 Å². The topological polar surface area (TPSA) is 317 Å². The van der Waals surface area contributed by atoms with E-state index in [2.05, 4.69) is 42.8 Å². The van der Waals surface area contributed by atoms with Gasteiger partial charge in [0.1, 0.15) is 32.0 Å². The van der Waals surface area contributed by atoms with Crippen LogP contribution >= 0.6 is 7.60 Å². The van der Waals surface area contributed by atoms with Crippen molar-refractivity contribution in [2.75, 3.05) is 39.4 Å². The maximum atomic E-state index is 12.8. The van der Waals surface area contributed by atoms with Crippen LogP contribution in [-0.2, 0) is 71.7 Å². The number of rotatable bonds is 18. The average molecular weight is 1040 g/mol. The second-order valence-corrected chi connectivity index (χ2v) is 19.2. The number of benzene rings is 2. The summed E-state index contributed by atoms with van der Waals surface area (Å²) in [6, 6.07) is 18.2. The Morgan fingerprint density at radius 3 is 1.42 bits per heavy atom. The van der Waals surface area contributed by atoms with E-state index in [1.165, 1.54) is 21.0 Å². The van der Waals surface area contributed by atoms with Gasteiger partial charge in [0.05, 0.1) is 11.5 Å². The standard InChI is InChI=1S/C17H22N2O4S.C16H24N2O5S.C5H9N2O4P.CH2O3.2K.H/c1-5-9-13(2)12-24(22,18-15(4)20)19-17(21)23-14(3)16-10-7-6-8-11-16;1-12(10-22-4)11-24(21,17-14(3)19)18-16(20)23-13(2)15-8-6-5-7-9-15;1-4(8)5(7-6)12(9,10-2)11-3;2-1-4-3;;;/h1,6-8,10-11,13-14H,9,12H2,2-4H3,(H,18,19,20,21,22);5-9,12-13H,10-11H2,1-4H3,(H,17,18,19,20,21);1-3H3;1,3H;;;/q;;;;2*+1;-1/p-1/t13-,14-,24?;12-,13-,24?;;;;;/m00...../s1. The maximum absolute atomic E-state index is 12.8. The zero-order chi connectivity index (χ0) is 49.5.